The molecule has 2 atom stereocenters. The summed E-state index contributed by atoms with van der Waals surface area (Å²) < 4.78 is 32.7. The molecule has 0 spiro atoms. The zero-order valence-corrected chi connectivity index (χ0v) is 46.4. The maximum Gasteiger partial charge on any atom is 0.329 e. The van der Waals surface area contributed by atoms with Crippen LogP contribution in [-0.2, 0) is 71.6 Å². The van der Waals surface area contributed by atoms with Gasteiger partial charge in [0, 0.05) is 58.2 Å². The van der Waals surface area contributed by atoms with E-state index in [1.165, 1.54) is 51.4 Å². The topological polar surface area (TPSA) is 281 Å². The van der Waals surface area contributed by atoms with Crippen molar-refractivity contribution in [2.45, 2.75) is 219 Å². The molecule has 5 N–H and O–H groups in total. The minimum atomic E-state index is -1.55. The molecule has 1 unspecified atom stereocenters. The lowest BCUT2D eigenvalue weighted by Gasteiger charge is -2.24. The maximum atomic E-state index is 13.0. The summed E-state index contributed by atoms with van der Waals surface area (Å²) in [4.78, 5) is 110. The summed E-state index contributed by atoms with van der Waals surface area (Å²) in [7, 11) is 0. The maximum absolute atomic E-state index is 13.0. The number of unbranched alkanes of at least 4 members (excludes halogenated alkanes) is 14. The predicted molar refractivity (Wildman–Crippen MR) is 280 cm³/mol. The van der Waals surface area contributed by atoms with Crippen molar-refractivity contribution in [2.75, 3.05) is 72.5 Å². The SMILES string of the molecule is CC(C)(C)OC(=O)CCCCCCCCCCCCCCCCC(=O)NC(CCCCNC(=O)CCOCCOCCNC(=O)CCOCCOCCNC(=O)C[C@@H](C(=O)O)N1C(=O)CCC1=O)C(=O)OC(C)(C)C. The first kappa shape index (κ1) is 68.3. The number of aliphatic carboxylic acids is 1. The number of carboxylic acids is 1. The molecule has 1 saturated heterocycles. The highest BCUT2D eigenvalue weighted by molar-refractivity contribution is 6.05. The second-order valence-electron chi connectivity index (χ2n) is 20.9. The van der Waals surface area contributed by atoms with Gasteiger partial charge in [0.25, 0.3) is 0 Å². The van der Waals surface area contributed by atoms with Gasteiger partial charge in [-0.2, -0.15) is 0 Å². The van der Waals surface area contributed by atoms with E-state index in [4.69, 9.17) is 28.4 Å². The zero-order valence-electron chi connectivity index (χ0n) is 46.4. The van der Waals surface area contributed by atoms with Crippen LogP contribution in [0.15, 0.2) is 0 Å². The van der Waals surface area contributed by atoms with E-state index in [9.17, 15) is 48.3 Å². The summed E-state index contributed by atoms with van der Waals surface area (Å²) >= 11 is 0. The number of carbonyl (C=O) groups is 9. The van der Waals surface area contributed by atoms with Gasteiger partial charge in [-0.05, 0) is 73.6 Å². The Morgan fingerprint density at radius 1 is 0.480 bits per heavy atom. The Labute approximate surface area is 446 Å². The largest absolute Gasteiger partial charge is 0.480 e. The normalized spacial score (nSPS) is 13.5. The van der Waals surface area contributed by atoms with Crippen molar-refractivity contribution < 1.29 is 76.7 Å². The number of amides is 6. The van der Waals surface area contributed by atoms with Gasteiger partial charge in [-0.25, -0.2) is 9.59 Å². The lowest BCUT2D eigenvalue weighted by atomic mass is 10.0. The van der Waals surface area contributed by atoms with E-state index < -0.39 is 59.4 Å². The van der Waals surface area contributed by atoms with E-state index >= 15 is 0 Å². The van der Waals surface area contributed by atoms with Gasteiger partial charge < -0.3 is 54.8 Å². The second kappa shape index (κ2) is 41.4. The molecular weight excluding hydrogens is 975 g/mol. The van der Waals surface area contributed by atoms with E-state index in [1.807, 2.05) is 20.8 Å². The standard InChI is InChI=1S/C54H95N5O16/c1-53(2,3)74-50(66)25-20-18-16-14-12-10-8-7-9-11-13-15-17-19-24-46(62)58-42(52(69)75-54(4,5)6)23-21-22-30-55-44(60)28-33-70-37-39-72-35-31-56-45(61)29-34-71-38-40-73-36-32-57-47(63)41-43(51(67)68)59-48(64)26-27-49(59)65/h42-43H,7-41H2,1-6H3,(H,55,60)(H,56,61)(H,57,63)(H,58,62)(H,67,68)/t42?,43-/m0/s1. The summed E-state index contributed by atoms with van der Waals surface area (Å²) in [6.07, 6.45) is 17.9. The number of imide groups is 1. The number of nitrogens with one attached hydrogen (secondary N) is 4. The molecule has 0 radical (unpaired) electrons. The molecular formula is C54H95N5O16. The number of ether oxygens (including phenoxy) is 6. The highest BCUT2D eigenvalue weighted by Gasteiger charge is 2.40. The molecule has 6 amide bonds. The molecule has 21 nitrogen and oxygen atoms in total. The first-order chi connectivity index (χ1) is 35.7. The molecule has 1 aliphatic heterocycles. The van der Waals surface area contributed by atoms with Crippen LogP contribution in [-0.4, -0.2) is 159 Å². The fourth-order valence-corrected chi connectivity index (χ4v) is 7.81. The van der Waals surface area contributed by atoms with Crippen LogP contribution < -0.4 is 21.3 Å². The molecule has 432 valence electrons. The van der Waals surface area contributed by atoms with Gasteiger partial charge in [0.05, 0.1) is 59.3 Å². The number of hydrogen-bond acceptors (Lipinski definition) is 15. The number of esters is 2. The average Bonchev–Trinajstić information content (AvgIpc) is 3.66. The predicted octanol–water partition coefficient (Wildman–Crippen LogP) is 5.75. The Hall–Kier alpha value is -4.73. The molecule has 1 fully saturated rings. The first-order valence-electron chi connectivity index (χ1n) is 27.6. The van der Waals surface area contributed by atoms with Crippen molar-refractivity contribution in [2.24, 2.45) is 0 Å². The number of hydrogen-bond donors (Lipinski definition) is 5. The van der Waals surface area contributed by atoms with E-state index in [0.29, 0.717) is 50.1 Å². The Bertz CT molecular complexity index is 1670. The zero-order chi connectivity index (χ0) is 55.7. The highest BCUT2D eigenvalue weighted by atomic mass is 16.6. The molecule has 1 heterocycles. The van der Waals surface area contributed by atoms with Crippen molar-refractivity contribution in [3.8, 4) is 0 Å². The van der Waals surface area contributed by atoms with Crippen LogP contribution in [0.4, 0.5) is 0 Å². The lowest BCUT2D eigenvalue weighted by molar-refractivity contribution is -0.159. The summed E-state index contributed by atoms with van der Waals surface area (Å²) in [6, 6.07) is -2.30. The third-order valence-electron chi connectivity index (χ3n) is 11.6. The number of likely N-dealkylation sites (tertiary alicyclic amines) is 1. The lowest BCUT2D eigenvalue weighted by Crippen LogP contribution is -2.47. The molecule has 0 aliphatic carbocycles. The monoisotopic (exact) mass is 1070 g/mol. The Morgan fingerprint density at radius 2 is 0.893 bits per heavy atom. The molecule has 0 bridgehead atoms. The first-order valence-corrected chi connectivity index (χ1v) is 27.6. The van der Waals surface area contributed by atoms with E-state index in [1.54, 1.807) is 20.8 Å². The average molecular weight is 1070 g/mol. The number of carboxylic acid groups (broad SMARTS) is 1. The smallest absolute Gasteiger partial charge is 0.329 e. The van der Waals surface area contributed by atoms with Crippen LogP contribution in [0.1, 0.15) is 196 Å². The van der Waals surface area contributed by atoms with Crippen LogP contribution in [0.2, 0.25) is 0 Å². The molecule has 0 aromatic rings. The minimum absolute atomic E-state index is 0.0711. The van der Waals surface area contributed by atoms with Gasteiger partial charge in [0.15, 0.2) is 0 Å². The van der Waals surface area contributed by atoms with E-state index in [2.05, 4.69) is 21.3 Å². The molecule has 1 aliphatic rings. The van der Waals surface area contributed by atoms with Crippen molar-refractivity contribution >= 4 is 53.4 Å². The fourth-order valence-electron chi connectivity index (χ4n) is 7.81. The third kappa shape index (κ3) is 39.3. The quantitative estimate of drug-likeness (QED) is 0.0276. The minimum Gasteiger partial charge on any atom is -0.480 e. The van der Waals surface area contributed by atoms with E-state index in [-0.39, 0.29) is 109 Å². The van der Waals surface area contributed by atoms with Gasteiger partial charge >= 0.3 is 17.9 Å². The van der Waals surface area contributed by atoms with Crippen LogP contribution in [0.25, 0.3) is 0 Å². The highest BCUT2D eigenvalue weighted by Crippen LogP contribution is 2.19. The summed E-state index contributed by atoms with van der Waals surface area (Å²) in [5, 5.41) is 20.3. The summed E-state index contributed by atoms with van der Waals surface area (Å²) in [5.74, 6) is -4.39. The van der Waals surface area contributed by atoms with Gasteiger partial charge in [0.1, 0.15) is 23.3 Å². The van der Waals surface area contributed by atoms with Crippen LogP contribution >= 0.6 is 0 Å². The molecule has 0 saturated carbocycles. The molecule has 21 heteroatoms. The summed E-state index contributed by atoms with van der Waals surface area (Å²) in [5.41, 5.74) is -1.10. The number of carbonyl (C=O) groups excluding carboxylic acids is 8. The molecule has 75 heavy (non-hydrogen) atoms. The Morgan fingerprint density at radius 3 is 1.35 bits per heavy atom. The summed E-state index contributed by atoms with van der Waals surface area (Å²) in [6.45, 7) is 13.6. The van der Waals surface area contributed by atoms with Gasteiger partial charge in [-0.1, -0.05) is 77.0 Å². The van der Waals surface area contributed by atoms with Crippen molar-refractivity contribution in [3.63, 3.8) is 0 Å². The van der Waals surface area contributed by atoms with Gasteiger partial charge in [-0.15, -0.1) is 0 Å². The molecule has 0 aromatic heterocycles. The third-order valence-corrected chi connectivity index (χ3v) is 11.6. The van der Waals surface area contributed by atoms with Crippen LogP contribution in [0.5, 0.6) is 0 Å². The Kier molecular flexibility index (Phi) is 37.7. The number of nitrogens with zero attached hydrogens (tertiary/aromatic N) is 1. The molecule has 1 rings (SSSR count). The van der Waals surface area contributed by atoms with Crippen molar-refractivity contribution in [3.05, 3.63) is 0 Å². The fraction of sp³-hybridized carbons (Fsp3) is 0.833. The second-order valence-corrected chi connectivity index (χ2v) is 20.9. The number of rotatable bonds is 46. The van der Waals surface area contributed by atoms with Gasteiger partial charge in [0.2, 0.25) is 35.4 Å². The van der Waals surface area contributed by atoms with Crippen molar-refractivity contribution in [1.82, 2.24) is 26.2 Å². The van der Waals surface area contributed by atoms with Crippen LogP contribution in [0, 0.1) is 0 Å². The van der Waals surface area contributed by atoms with Crippen molar-refractivity contribution in [1.29, 1.82) is 0 Å². The van der Waals surface area contributed by atoms with Crippen LogP contribution in [0.3, 0.4) is 0 Å². The van der Waals surface area contributed by atoms with Gasteiger partial charge in [-0.3, -0.25) is 38.5 Å². The Balaban J connectivity index is 2.02. The van der Waals surface area contributed by atoms with E-state index in [0.717, 1.165) is 38.5 Å². The molecule has 0 aromatic carbocycles.